The van der Waals surface area contributed by atoms with Crippen LogP contribution in [0.2, 0.25) is 0 Å². The van der Waals surface area contributed by atoms with Crippen LogP contribution in [0.5, 0.6) is 0 Å². The van der Waals surface area contributed by atoms with Crippen molar-refractivity contribution in [3.05, 3.63) is 7.43 Å². The Hall–Kier alpha value is 1.39. The molecule has 0 aliphatic carbocycles. The predicted molar refractivity (Wildman–Crippen MR) is 24.0 cm³/mol. The summed E-state index contributed by atoms with van der Waals surface area (Å²) in [5, 5.41) is 0. The average Bonchev–Trinajstić information content (AvgIpc) is 0.811. The Balaban J connectivity index is 0. The van der Waals surface area contributed by atoms with Crippen molar-refractivity contribution in [3.63, 3.8) is 0 Å². The van der Waals surface area contributed by atoms with Crippen LogP contribution in [0.4, 0.5) is 0 Å². The fraction of sp³-hybridized carbons (Fsp3) is 0. The van der Waals surface area contributed by atoms with Gasteiger partial charge in [-0.3, -0.25) is 0 Å². The van der Waals surface area contributed by atoms with E-state index in [1.54, 1.807) is 0 Å². The maximum atomic E-state index is 4.89. The van der Waals surface area contributed by atoms with Crippen LogP contribution >= 0.6 is 30.3 Å². The van der Waals surface area contributed by atoms with Gasteiger partial charge in [-0.05, 0) is 0 Å². The molecular weight excluding hydrogens is 174 g/mol. The van der Waals surface area contributed by atoms with Gasteiger partial charge in [-0.25, -0.2) is 0 Å². The Labute approximate surface area is 49.0 Å². The monoisotopic (exact) mass is 176 g/mol. The summed E-state index contributed by atoms with van der Waals surface area (Å²) >= 11 is -1.33. The van der Waals surface area contributed by atoms with Crippen LogP contribution in [0, 0.1) is 7.43 Å². The molecule has 0 nitrogen and oxygen atoms in total. The van der Waals surface area contributed by atoms with E-state index in [9.17, 15) is 0 Å². The average molecular weight is 177 g/mol. The van der Waals surface area contributed by atoms with E-state index >= 15 is 0 Å². The molecule has 0 aliphatic heterocycles. The summed E-state index contributed by atoms with van der Waals surface area (Å²) in [4.78, 5) is 0. The van der Waals surface area contributed by atoms with E-state index < -0.39 is 11.2 Å². The SMILES string of the molecule is [CH3-].[Cl][Fe]([Cl])[Cl]. The van der Waals surface area contributed by atoms with Crippen LogP contribution in [0.3, 0.4) is 0 Å². The third kappa shape index (κ3) is 32.1. The second-order valence-corrected chi connectivity index (χ2v) is 5.62. The van der Waals surface area contributed by atoms with Gasteiger partial charge in [-0.2, -0.15) is 0 Å². The van der Waals surface area contributed by atoms with Crippen LogP contribution in [0.1, 0.15) is 0 Å². The molecule has 0 heterocycles. The summed E-state index contributed by atoms with van der Waals surface area (Å²) in [5.74, 6) is 0. The van der Waals surface area contributed by atoms with Gasteiger partial charge in [0.05, 0.1) is 0 Å². The van der Waals surface area contributed by atoms with Crippen molar-refractivity contribution in [1.82, 2.24) is 0 Å². The van der Waals surface area contributed by atoms with Gasteiger partial charge in [0.25, 0.3) is 0 Å². The zero-order chi connectivity index (χ0) is 3.58. The van der Waals surface area contributed by atoms with Gasteiger partial charge >= 0.3 is 41.5 Å². The standard InChI is InChI=1S/CH3.3ClH.Fe/h1H3;3*1H;/q-1;;;;+3/p-3. The van der Waals surface area contributed by atoms with Crippen LogP contribution in [0.25, 0.3) is 0 Å². The van der Waals surface area contributed by atoms with E-state index in [0.717, 1.165) is 0 Å². The number of hydrogen-bond donors (Lipinski definition) is 0. The third-order valence-electron chi connectivity index (χ3n) is 0. The minimum atomic E-state index is -1.33. The Morgan fingerprint density at radius 2 is 1.00 bits per heavy atom. The quantitative estimate of drug-likeness (QED) is 0.394. The molecular formula is CH3Cl3Fe-. The zero-order valence-corrected chi connectivity index (χ0v) is 5.86. The Kier molecular flexibility index (Phi) is 10.4. The number of halogens is 3. The summed E-state index contributed by atoms with van der Waals surface area (Å²) in [6.07, 6.45) is 0. The van der Waals surface area contributed by atoms with E-state index in [-0.39, 0.29) is 7.43 Å². The molecule has 0 aromatic carbocycles. The normalized spacial score (nSPS) is 9.00. The molecule has 0 radical (unpaired) electrons. The van der Waals surface area contributed by atoms with Crippen molar-refractivity contribution in [2.24, 2.45) is 0 Å². The number of hydrogen-bond acceptors (Lipinski definition) is 0. The molecule has 37 valence electrons. The maximum absolute atomic E-state index is 4.89. The second-order valence-electron chi connectivity index (χ2n) is 0.152. The molecule has 0 rings (SSSR count). The molecule has 4 heteroatoms. The van der Waals surface area contributed by atoms with Crippen molar-refractivity contribution in [2.45, 2.75) is 0 Å². The van der Waals surface area contributed by atoms with Crippen molar-refractivity contribution >= 4 is 30.3 Å². The summed E-state index contributed by atoms with van der Waals surface area (Å²) in [6.45, 7) is 0. The van der Waals surface area contributed by atoms with Gasteiger partial charge < -0.3 is 7.43 Å². The molecule has 0 aromatic rings. The van der Waals surface area contributed by atoms with Crippen LogP contribution < -0.4 is 0 Å². The van der Waals surface area contributed by atoms with Gasteiger partial charge in [-0.1, -0.05) is 0 Å². The Morgan fingerprint density at radius 1 is 1.00 bits per heavy atom. The molecule has 0 amide bonds. The number of rotatable bonds is 0. The molecule has 0 bridgehead atoms. The summed E-state index contributed by atoms with van der Waals surface area (Å²) < 4.78 is 0. The Morgan fingerprint density at radius 3 is 1.00 bits per heavy atom. The summed E-state index contributed by atoms with van der Waals surface area (Å²) in [7, 11) is 14.7. The zero-order valence-electron chi connectivity index (χ0n) is 2.49. The van der Waals surface area contributed by atoms with Gasteiger partial charge in [0.1, 0.15) is 0 Å². The fourth-order valence-corrected chi connectivity index (χ4v) is 0. The van der Waals surface area contributed by atoms with E-state index in [1.807, 2.05) is 0 Å². The molecule has 5 heavy (non-hydrogen) atoms. The van der Waals surface area contributed by atoms with E-state index in [2.05, 4.69) is 0 Å². The first kappa shape index (κ1) is 9.63. The van der Waals surface area contributed by atoms with Crippen LogP contribution in [-0.2, 0) is 11.2 Å². The van der Waals surface area contributed by atoms with Crippen molar-refractivity contribution in [3.8, 4) is 0 Å². The van der Waals surface area contributed by atoms with Crippen molar-refractivity contribution < 1.29 is 11.2 Å². The first-order chi connectivity index (χ1) is 1.73. The predicted octanol–water partition coefficient (Wildman–Crippen LogP) is 2.52. The molecule has 0 atom stereocenters. The van der Waals surface area contributed by atoms with Crippen LogP contribution in [-0.4, -0.2) is 0 Å². The molecule has 0 aliphatic rings. The van der Waals surface area contributed by atoms with Crippen molar-refractivity contribution in [2.75, 3.05) is 0 Å². The van der Waals surface area contributed by atoms with Gasteiger partial charge in [0, 0.05) is 0 Å². The fourth-order valence-electron chi connectivity index (χ4n) is 0. The molecule has 0 saturated heterocycles. The minimum absolute atomic E-state index is 0. The first-order valence-corrected chi connectivity index (χ1v) is 4.96. The van der Waals surface area contributed by atoms with Gasteiger partial charge in [-0.15, -0.1) is 0 Å². The summed E-state index contributed by atoms with van der Waals surface area (Å²) in [6, 6.07) is 0. The van der Waals surface area contributed by atoms with Gasteiger partial charge in [0.15, 0.2) is 0 Å². The van der Waals surface area contributed by atoms with Crippen molar-refractivity contribution in [1.29, 1.82) is 0 Å². The first-order valence-electron chi connectivity index (χ1n) is 0.401. The molecule has 0 fully saturated rings. The van der Waals surface area contributed by atoms with E-state index in [0.29, 0.717) is 0 Å². The third-order valence-corrected chi connectivity index (χ3v) is 0. The molecule has 0 N–H and O–H groups in total. The Bertz CT molecular complexity index is 11.6. The second kappa shape index (κ2) is 5.39. The molecule has 0 aromatic heterocycles. The topological polar surface area (TPSA) is 0 Å². The molecule has 0 unspecified atom stereocenters. The van der Waals surface area contributed by atoms with Gasteiger partial charge in [0.2, 0.25) is 0 Å². The van der Waals surface area contributed by atoms with E-state index in [1.165, 1.54) is 0 Å². The molecule has 0 saturated carbocycles. The van der Waals surface area contributed by atoms with E-state index in [4.69, 9.17) is 30.3 Å². The van der Waals surface area contributed by atoms with Crippen LogP contribution in [0.15, 0.2) is 0 Å². The summed E-state index contributed by atoms with van der Waals surface area (Å²) in [5.41, 5.74) is 0. The molecule has 0 spiro atoms.